The zero-order valence-electron chi connectivity index (χ0n) is 21.1. The van der Waals surface area contributed by atoms with Gasteiger partial charge in [0.05, 0.1) is 31.5 Å². The summed E-state index contributed by atoms with van der Waals surface area (Å²) in [6.07, 6.45) is -0.0260. The molecule has 3 aromatic carbocycles. The minimum atomic E-state index is -0.736. The smallest absolute Gasteiger partial charge is 0.338 e. The van der Waals surface area contributed by atoms with E-state index in [0.29, 0.717) is 37.9 Å². The maximum Gasteiger partial charge on any atom is 0.338 e. The Labute approximate surface area is 240 Å². The van der Waals surface area contributed by atoms with Crippen molar-refractivity contribution in [3.05, 3.63) is 87.9 Å². The monoisotopic (exact) mass is 585 g/mol. The standard InChI is InChI=1S/C28H25Cl2N3O5S/c1-3-38-27(36)18-6-8-21(9-7-18)32-28-33(16-17-4-10-23(37-2)11-5-17)25(34)15-24(39-28)26(35)31-22-13-19(29)12-20(30)14-22/h4-14,24H,3,15-16H2,1-2H3,(H,31,35). The van der Waals surface area contributed by atoms with Crippen molar-refractivity contribution < 1.29 is 23.9 Å². The molecule has 0 aliphatic carbocycles. The molecule has 1 fully saturated rings. The molecule has 1 heterocycles. The molecule has 2 amide bonds. The molecule has 0 aromatic heterocycles. The predicted molar refractivity (Wildman–Crippen MR) is 154 cm³/mol. The Bertz CT molecular complexity index is 1380. The molecule has 0 bridgehead atoms. The second kappa shape index (κ2) is 13.0. The van der Waals surface area contributed by atoms with Crippen molar-refractivity contribution >= 4 is 69.3 Å². The number of halogens is 2. The van der Waals surface area contributed by atoms with Gasteiger partial charge in [0.2, 0.25) is 11.8 Å². The van der Waals surface area contributed by atoms with E-state index in [9.17, 15) is 14.4 Å². The number of esters is 1. The molecule has 0 spiro atoms. The lowest BCUT2D eigenvalue weighted by atomic mass is 10.2. The zero-order chi connectivity index (χ0) is 27.9. The number of amides is 2. The maximum absolute atomic E-state index is 13.3. The number of nitrogens with zero attached hydrogens (tertiary/aromatic N) is 2. The molecule has 1 aliphatic heterocycles. The van der Waals surface area contributed by atoms with Gasteiger partial charge in [0.15, 0.2) is 5.17 Å². The van der Waals surface area contributed by atoms with Crippen LogP contribution in [0.4, 0.5) is 11.4 Å². The van der Waals surface area contributed by atoms with Gasteiger partial charge in [-0.25, -0.2) is 9.79 Å². The maximum atomic E-state index is 13.3. The number of nitrogens with one attached hydrogen (secondary N) is 1. The second-order valence-corrected chi connectivity index (χ2v) is 10.5. The van der Waals surface area contributed by atoms with E-state index in [2.05, 4.69) is 10.3 Å². The molecular formula is C28H25Cl2N3O5S. The van der Waals surface area contributed by atoms with Gasteiger partial charge in [0, 0.05) is 22.2 Å². The number of carbonyl (C=O) groups excluding carboxylic acids is 3. The van der Waals surface area contributed by atoms with E-state index in [4.69, 9.17) is 32.7 Å². The summed E-state index contributed by atoms with van der Waals surface area (Å²) in [4.78, 5) is 44.7. The lowest BCUT2D eigenvalue weighted by Crippen LogP contribution is -2.44. The molecule has 1 saturated heterocycles. The average Bonchev–Trinajstić information content (AvgIpc) is 2.90. The van der Waals surface area contributed by atoms with Crippen molar-refractivity contribution in [2.45, 2.75) is 25.1 Å². The third kappa shape index (κ3) is 7.53. The van der Waals surface area contributed by atoms with Crippen LogP contribution < -0.4 is 10.1 Å². The van der Waals surface area contributed by atoms with Crippen LogP contribution in [0.3, 0.4) is 0 Å². The molecule has 1 unspecified atom stereocenters. The van der Waals surface area contributed by atoms with Crippen LogP contribution in [0.25, 0.3) is 0 Å². The molecular weight excluding hydrogens is 561 g/mol. The highest BCUT2D eigenvalue weighted by atomic mass is 35.5. The molecule has 0 radical (unpaired) electrons. The predicted octanol–water partition coefficient (Wildman–Crippen LogP) is 6.34. The van der Waals surface area contributed by atoms with Gasteiger partial charge in [-0.3, -0.25) is 14.5 Å². The van der Waals surface area contributed by atoms with Gasteiger partial charge in [0.1, 0.15) is 11.0 Å². The fourth-order valence-electron chi connectivity index (χ4n) is 3.76. The lowest BCUT2D eigenvalue weighted by Gasteiger charge is -2.32. The number of aliphatic imine (C=N–C) groups is 1. The van der Waals surface area contributed by atoms with E-state index >= 15 is 0 Å². The number of benzene rings is 3. The molecule has 1 N–H and O–H groups in total. The molecule has 8 nitrogen and oxygen atoms in total. The van der Waals surface area contributed by atoms with Gasteiger partial charge in [-0.1, -0.05) is 47.1 Å². The van der Waals surface area contributed by atoms with Crippen molar-refractivity contribution in [2.24, 2.45) is 4.99 Å². The number of rotatable bonds is 8. The van der Waals surface area contributed by atoms with Gasteiger partial charge in [0.25, 0.3) is 0 Å². The molecule has 3 aromatic rings. The van der Waals surface area contributed by atoms with Gasteiger partial charge >= 0.3 is 5.97 Å². The van der Waals surface area contributed by atoms with E-state index in [1.54, 1.807) is 61.4 Å². The minimum Gasteiger partial charge on any atom is -0.497 e. The van der Waals surface area contributed by atoms with E-state index in [1.807, 2.05) is 24.3 Å². The first kappa shape index (κ1) is 28.5. The van der Waals surface area contributed by atoms with Gasteiger partial charge < -0.3 is 14.8 Å². The van der Waals surface area contributed by atoms with Crippen molar-refractivity contribution in [1.82, 2.24) is 4.90 Å². The highest BCUT2D eigenvalue weighted by Gasteiger charge is 2.36. The van der Waals surface area contributed by atoms with Gasteiger partial charge in [-0.2, -0.15) is 0 Å². The van der Waals surface area contributed by atoms with Crippen LogP contribution >= 0.6 is 35.0 Å². The quantitative estimate of drug-likeness (QED) is 0.310. The van der Waals surface area contributed by atoms with Crippen molar-refractivity contribution in [1.29, 1.82) is 0 Å². The summed E-state index contributed by atoms with van der Waals surface area (Å²) >= 11 is 13.3. The topological polar surface area (TPSA) is 97.3 Å². The summed E-state index contributed by atoms with van der Waals surface area (Å²) in [5, 5.41) is 3.17. The van der Waals surface area contributed by atoms with Crippen LogP contribution in [0.1, 0.15) is 29.3 Å². The highest BCUT2D eigenvalue weighted by Crippen LogP contribution is 2.32. The van der Waals surface area contributed by atoms with Crippen LogP contribution in [-0.2, 0) is 20.9 Å². The molecule has 202 valence electrons. The first-order chi connectivity index (χ1) is 18.7. The van der Waals surface area contributed by atoms with Crippen molar-refractivity contribution in [2.75, 3.05) is 19.0 Å². The number of thioether (sulfide) groups is 1. The summed E-state index contributed by atoms with van der Waals surface area (Å²) in [6.45, 7) is 2.27. The largest absolute Gasteiger partial charge is 0.497 e. The minimum absolute atomic E-state index is 0.0260. The molecule has 1 aliphatic rings. The van der Waals surface area contributed by atoms with Crippen LogP contribution in [0, 0.1) is 0 Å². The van der Waals surface area contributed by atoms with Crippen LogP contribution in [0.5, 0.6) is 5.75 Å². The first-order valence-corrected chi connectivity index (χ1v) is 13.6. The Kier molecular flexibility index (Phi) is 9.50. The Morgan fingerprint density at radius 3 is 2.33 bits per heavy atom. The number of hydrogen-bond donors (Lipinski definition) is 1. The van der Waals surface area contributed by atoms with E-state index in [0.717, 1.165) is 5.56 Å². The number of methoxy groups -OCH3 is 1. The molecule has 0 saturated carbocycles. The van der Waals surface area contributed by atoms with Crippen molar-refractivity contribution in [3.63, 3.8) is 0 Å². The number of ether oxygens (including phenoxy) is 2. The van der Waals surface area contributed by atoms with Gasteiger partial charge in [-0.05, 0) is 67.1 Å². The first-order valence-electron chi connectivity index (χ1n) is 12.0. The molecule has 11 heteroatoms. The third-order valence-corrected chi connectivity index (χ3v) is 7.29. The fraction of sp³-hybridized carbons (Fsp3) is 0.214. The van der Waals surface area contributed by atoms with Crippen LogP contribution in [-0.4, -0.2) is 46.8 Å². The molecule has 39 heavy (non-hydrogen) atoms. The number of hydrogen-bond acceptors (Lipinski definition) is 7. The summed E-state index contributed by atoms with van der Waals surface area (Å²) in [5.74, 6) is -0.360. The number of anilines is 1. The lowest BCUT2D eigenvalue weighted by molar-refractivity contribution is -0.129. The SMILES string of the molecule is CCOC(=O)c1ccc(N=C2SC(C(=O)Nc3cc(Cl)cc(Cl)c3)CC(=O)N2Cc2ccc(OC)cc2)cc1. The molecule has 1 atom stereocenters. The van der Waals surface area contributed by atoms with E-state index in [1.165, 1.54) is 11.8 Å². The molecule has 4 rings (SSSR count). The van der Waals surface area contributed by atoms with Gasteiger partial charge in [-0.15, -0.1) is 0 Å². The third-order valence-electron chi connectivity index (χ3n) is 5.67. The Balaban J connectivity index is 1.60. The summed E-state index contributed by atoms with van der Waals surface area (Å²) in [7, 11) is 1.58. The second-order valence-electron chi connectivity index (χ2n) is 8.45. The number of carbonyl (C=O) groups is 3. The summed E-state index contributed by atoms with van der Waals surface area (Å²) in [6, 6.07) is 18.6. The fourth-order valence-corrected chi connectivity index (χ4v) is 5.38. The zero-order valence-corrected chi connectivity index (χ0v) is 23.5. The van der Waals surface area contributed by atoms with Crippen molar-refractivity contribution in [3.8, 4) is 5.75 Å². The Morgan fingerprint density at radius 1 is 1.05 bits per heavy atom. The highest BCUT2D eigenvalue weighted by molar-refractivity contribution is 8.15. The normalized spacial score (nSPS) is 16.2. The summed E-state index contributed by atoms with van der Waals surface area (Å²) in [5.41, 5.74) is 2.20. The van der Waals surface area contributed by atoms with Crippen LogP contribution in [0.15, 0.2) is 71.7 Å². The van der Waals surface area contributed by atoms with Crippen LogP contribution in [0.2, 0.25) is 10.0 Å². The summed E-state index contributed by atoms with van der Waals surface area (Å²) < 4.78 is 10.3. The Morgan fingerprint density at radius 2 is 1.72 bits per heavy atom. The number of amidine groups is 1. The van der Waals surface area contributed by atoms with E-state index < -0.39 is 11.2 Å². The van der Waals surface area contributed by atoms with E-state index in [-0.39, 0.29) is 31.4 Å². The Hall–Kier alpha value is -3.53. The average molecular weight is 586 g/mol.